The van der Waals surface area contributed by atoms with Crippen molar-refractivity contribution in [2.45, 2.75) is 33.6 Å². The molecule has 0 aliphatic carbocycles. The Morgan fingerprint density at radius 3 is 2.45 bits per heavy atom. The summed E-state index contributed by atoms with van der Waals surface area (Å²) in [6, 6.07) is 0. The molecule has 2 heteroatoms. The molecule has 0 spiro atoms. The van der Waals surface area contributed by atoms with E-state index in [2.05, 4.69) is 26.1 Å². The summed E-state index contributed by atoms with van der Waals surface area (Å²) in [5.41, 5.74) is 0.245. The quantitative estimate of drug-likeness (QED) is 0.486. The van der Waals surface area contributed by atoms with E-state index in [4.69, 9.17) is 11.6 Å². The zero-order valence-corrected chi connectivity index (χ0v) is 8.67. The Hall–Kier alpha value is 0.250. The summed E-state index contributed by atoms with van der Waals surface area (Å²) in [5, 5.41) is 3.39. The zero-order chi connectivity index (χ0) is 8.74. The summed E-state index contributed by atoms with van der Waals surface area (Å²) in [4.78, 5) is 0. The minimum absolute atomic E-state index is 0.245. The number of nitrogens with one attached hydrogen (secondary N) is 1. The Morgan fingerprint density at radius 1 is 1.36 bits per heavy atom. The number of rotatable bonds is 6. The first-order valence-electron chi connectivity index (χ1n) is 4.39. The normalized spacial score (nSPS) is 12.0. The molecule has 0 fully saturated rings. The van der Waals surface area contributed by atoms with E-state index in [9.17, 15) is 0 Å². The van der Waals surface area contributed by atoms with E-state index in [0.29, 0.717) is 0 Å². The highest BCUT2D eigenvalue weighted by atomic mass is 35.5. The molecule has 0 aliphatic heterocycles. The first-order chi connectivity index (χ1) is 5.12. The van der Waals surface area contributed by atoms with Gasteiger partial charge in [-0.15, -0.1) is 11.6 Å². The zero-order valence-electron chi connectivity index (χ0n) is 7.91. The molecule has 0 saturated carbocycles. The Morgan fingerprint density at radius 2 is 2.00 bits per heavy atom. The second kappa shape index (κ2) is 5.84. The van der Waals surface area contributed by atoms with E-state index < -0.39 is 0 Å². The molecule has 0 radical (unpaired) electrons. The van der Waals surface area contributed by atoms with Crippen molar-refractivity contribution in [3.8, 4) is 0 Å². The third kappa shape index (κ3) is 6.64. The lowest BCUT2D eigenvalue weighted by atomic mass is 9.96. The molecule has 0 aromatic carbocycles. The minimum Gasteiger partial charge on any atom is -0.316 e. The van der Waals surface area contributed by atoms with E-state index in [1.165, 1.54) is 12.8 Å². The lowest BCUT2D eigenvalue weighted by Crippen LogP contribution is -2.31. The highest BCUT2D eigenvalue weighted by Gasteiger charge is 2.14. The van der Waals surface area contributed by atoms with Gasteiger partial charge in [0.1, 0.15) is 0 Å². The van der Waals surface area contributed by atoms with Crippen molar-refractivity contribution in [2.75, 3.05) is 19.0 Å². The topological polar surface area (TPSA) is 12.0 Å². The van der Waals surface area contributed by atoms with Crippen LogP contribution in [0, 0.1) is 5.41 Å². The van der Waals surface area contributed by atoms with Crippen molar-refractivity contribution >= 4 is 11.6 Å². The molecule has 0 atom stereocenters. The fraction of sp³-hybridized carbons (Fsp3) is 1.00. The number of hydrogen-bond acceptors (Lipinski definition) is 1. The van der Waals surface area contributed by atoms with Gasteiger partial charge in [-0.1, -0.05) is 27.2 Å². The Kier molecular flexibility index (Phi) is 5.98. The van der Waals surface area contributed by atoms with Gasteiger partial charge >= 0.3 is 0 Å². The summed E-state index contributed by atoms with van der Waals surface area (Å²) in [5.74, 6) is 0.728. The van der Waals surface area contributed by atoms with Gasteiger partial charge in [-0.05, 0) is 18.4 Å². The van der Waals surface area contributed by atoms with Gasteiger partial charge in [0.25, 0.3) is 0 Å². The monoisotopic (exact) mass is 177 g/mol. The number of unbranched alkanes of at least 4 members (excludes halogenated alkanes) is 1. The van der Waals surface area contributed by atoms with Crippen molar-refractivity contribution in [1.82, 2.24) is 5.32 Å². The van der Waals surface area contributed by atoms with Crippen LogP contribution in [0.15, 0.2) is 0 Å². The van der Waals surface area contributed by atoms with E-state index in [1.807, 2.05) is 0 Å². The van der Waals surface area contributed by atoms with Crippen LogP contribution in [0.3, 0.4) is 0 Å². The van der Waals surface area contributed by atoms with Gasteiger partial charge in [0.05, 0.1) is 0 Å². The maximum Gasteiger partial charge on any atom is 0.0286 e. The summed E-state index contributed by atoms with van der Waals surface area (Å²) >= 11 is 5.77. The average molecular weight is 178 g/mol. The molecule has 0 aromatic heterocycles. The lowest BCUT2D eigenvalue weighted by Gasteiger charge is -2.21. The van der Waals surface area contributed by atoms with Crippen LogP contribution in [0.1, 0.15) is 33.6 Å². The van der Waals surface area contributed by atoms with Crippen LogP contribution in [0.2, 0.25) is 0 Å². The molecule has 0 saturated heterocycles. The maximum absolute atomic E-state index is 5.77. The van der Waals surface area contributed by atoms with Gasteiger partial charge in [-0.3, -0.25) is 0 Å². The van der Waals surface area contributed by atoms with Crippen LogP contribution in [-0.2, 0) is 0 Å². The first kappa shape index (κ1) is 11.2. The maximum atomic E-state index is 5.77. The largest absolute Gasteiger partial charge is 0.316 e. The summed E-state index contributed by atoms with van der Waals surface area (Å²) in [6.45, 7) is 8.71. The van der Waals surface area contributed by atoms with Crippen LogP contribution in [0.5, 0.6) is 0 Å². The average Bonchev–Trinajstić information content (AvgIpc) is 1.99. The van der Waals surface area contributed by atoms with Crippen molar-refractivity contribution in [3.05, 3.63) is 0 Å². The molecular formula is C9H20ClN. The third-order valence-electron chi connectivity index (χ3n) is 1.67. The molecule has 0 unspecified atom stereocenters. The van der Waals surface area contributed by atoms with Gasteiger partial charge in [0.15, 0.2) is 0 Å². The van der Waals surface area contributed by atoms with Crippen molar-refractivity contribution < 1.29 is 0 Å². The van der Waals surface area contributed by atoms with Crippen molar-refractivity contribution in [2.24, 2.45) is 5.41 Å². The van der Waals surface area contributed by atoms with Crippen LogP contribution in [0.25, 0.3) is 0 Å². The molecular weight excluding hydrogens is 158 g/mol. The molecule has 0 bridgehead atoms. The molecule has 0 aliphatic rings. The van der Waals surface area contributed by atoms with Crippen molar-refractivity contribution in [3.63, 3.8) is 0 Å². The fourth-order valence-electron chi connectivity index (χ4n) is 0.776. The highest BCUT2D eigenvalue weighted by molar-refractivity contribution is 6.18. The smallest absolute Gasteiger partial charge is 0.0286 e. The van der Waals surface area contributed by atoms with E-state index in [0.717, 1.165) is 19.0 Å². The van der Waals surface area contributed by atoms with Gasteiger partial charge in [-0.25, -0.2) is 0 Å². The highest BCUT2D eigenvalue weighted by Crippen LogP contribution is 2.14. The molecule has 0 heterocycles. The van der Waals surface area contributed by atoms with Gasteiger partial charge in [0, 0.05) is 12.4 Å². The molecule has 0 amide bonds. The molecule has 0 aromatic rings. The Labute approximate surface area is 75.5 Å². The van der Waals surface area contributed by atoms with Crippen molar-refractivity contribution in [1.29, 1.82) is 0 Å². The van der Waals surface area contributed by atoms with E-state index in [-0.39, 0.29) is 5.41 Å². The first-order valence-corrected chi connectivity index (χ1v) is 4.92. The molecule has 0 rings (SSSR count). The Bertz CT molecular complexity index is 91.6. The minimum atomic E-state index is 0.245. The molecule has 11 heavy (non-hydrogen) atoms. The molecule has 68 valence electrons. The predicted molar refractivity (Wildman–Crippen MR) is 52.3 cm³/mol. The van der Waals surface area contributed by atoms with Gasteiger partial charge in [-0.2, -0.15) is 0 Å². The third-order valence-corrected chi connectivity index (χ3v) is 2.40. The van der Waals surface area contributed by atoms with Crippen LogP contribution < -0.4 is 5.32 Å². The van der Waals surface area contributed by atoms with Gasteiger partial charge < -0.3 is 5.32 Å². The van der Waals surface area contributed by atoms with Gasteiger partial charge in [0.2, 0.25) is 0 Å². The van der Waals surface area contributed by atoms with E-state index in [1.54, 1.807) is 0 Å². The second-order valence-corrected chi connectivity index (χ2v) is 4.10. The SMILES string of the molecule is CCCCNCC(C)(C)CCl. The summed E-state index contributed by atoms with van der Waals surface area (Å²) < 4.78 is 0. The van der Waals surface area contributed by atoms with E-state index >= 15 is 0 Å². The number of hydrogen-bond donors (Lipinski definition) is 1. The fourth-order valence-corrected chi connectivity index (χ4v) is 0.870. The van der Waals surface area contributed by atoms with Crippen LogP contribution in [-0.4, -0.2) is 19.0 Å². The van der Waals surface area contributed by atoms with Crippen LogP contribution in [0.4, 0.5) is 0 Å². The summed E-state index contributed by atoms with van der Waals surface area (Å²) in [6.07, 6.45) is 2.52. The molecule has 1 N–H and O–H groups in total. The Balaban J connectivity index is 3.23. The number of halogens is 1. The van der Waals surface area contributed by atoms with Crippen LogP contribution >= 0.6 is 11.6 Å². The lowest BCUT2D eigenvalue weighted by molar-refractivity contribution is 0.384. The summed E-state index contributed by atoms with van der Waals surface area (Å²) in [7, 11) is 0. The predicted octanol–water partition coefficient (Wildman–Crippen LogP) is 2.64. The number of alkyl halides is 1. The molecule has 1 nitrogen and oxygen atoms in total. The standard InChI is InChI=1S/C9H20ClN/c1-4-5-6-11-8-9(2,3)7-10/h11H,4-8H2,1-3H3. The second-order valence-electron chi connectivity index (χ2n) is 3.83.